The number of hydrogen-bond acceptors (Lipinski definition) is 4. The third-order valence-electron chi connectivity index (χ3n) is 2.53. The molecule has 0 fully saturated rings. The van der Waals surface area contributed by atoms with Gasteiger partial charge >= 0.3 is 0 Å². The summed E-state index contributed by atoms with van der Waals surface area (Å²) < 4.78 is 0.800. The maximum absolute atomic E-state index is 11.9. The molecule has 102 valence electrons. The van der Waals surface area contributed by atoms with Crippen molar-refractivity contribution in [2.45, 2.75) is 6.42 Å². The van der Waals surface area contributed by atoms with Crippen LogP contribution in [-0.4, -0.2) is 15.8 Å². The van der Waals surface area contributed by atoms with Crippen molar-refractivity contribution >= 4 is 33.3 Å². The number of nitrogens with one attached hydrogen (secondary N) is 1. The van der Waals surface area contributed by atoms with Gasteiger partial charge in [-0.25, -0.2) is 4.98 Å². The lowest BCUT2D eigenvalue weighted by molar-refractivity contribution is -0.385. The van der Waals surface area contributed by atoms with E-state index in [0.29, 0.717) is 11.4 Å². The zero-order valence-electron chi connectivity index (χ0n) is 10.2. The van der Waals surface area contributed by atoms with Crippen molar-refractivity contribution in [2.24, 2.45) is 0 Å². The third-order valence-corrected chi connectivity index (χ3v) is 3.00. The maximum Gasteiger partial charge on any atom is 0.273 e. The number of nitrogens with zero attached hydrogens (tertiary/aromatic N) is 2. The van der Waals surface area contributed by atoms with Gasteiger partial charge in [0.2, 0.25) is 5.91 Å². The smallest absolute Gasteiger partial charge is 0.273 e. The molecule has 1 aromatic carbocycles. The molecular formula is C13H10BrN3O3. The third kappa shape index (κ3) is 3.61. The number of nitro groups is 1. The molecule has 0 unspecified atom stereocenters. The van der Waals surface area contributed by atoms with Crippen LogP contribution in [0.2, 0.25) is 0 Å². The van der Waals surface area contributed by atoms with Gasteiger partial charge in [0.1, 0.15) is 5.82 Å². The number of nitro benzene ring substituents is 1. The molecule has 20 heavy (non-hydrogen) atoms. The van der Waals surface area contributed by atoms with E-state index in [0.717, 1.165) is 4.47 Å². The van der Waals surface area contributed by atoms with E-state index < -0.39 is 4.92 Å². The largest absolute Gasteiger partial charge is 0.310 e. The molecular weight excluding hydrogens is 326 g/mol. The zero-order chi connectivity index (χ0) is 14.5. The van der Waals surface area contributed by atoms with Gasteiger partial charge in [0.05, 0.1) is 11.3 Å². The lowest BCUT2D eigenvalue weighted by Crippen LogP contribution is -2.16. The quantitative estimate of drug-likeness (QED) is 0.687. The second kappa shape index (κ2) is 6.25. The summed E-state index contributed by atoms with van der Waals surface area (Å²) >= 11 is 3.24. The predicted molar refractivity (Wildman–Crippen MR) is 77.4 cm³/mol. The van der Waals surface area contributed by atoms with Gasteiger partial charge in [-0.15, -0.1) is 0 Å². The summed E-state index contributed by atoms with van der Waals surface area (Å²) in [6, 6.07) is 9.55. The van der Waals surface area contributed by atoms with Gasteiger partial charge in [-0.05, 0) is 28.1 Å². The van der Waals surface area contributed by atoms with E-state index in [1.54, 1.807) is 36.5 Å². The van der Waals surface area contributed by atoms with E-state index in [-0.39, 0.29) is 18.0 Å². The van der Waals surface area contributed by atoms with E-state index >= 15 is 0 Å². The fourth-order valence-electron chi connectivity index (χ4n) is 1.65. The Kier molecular flexibility index (Phi) is 4.41. The van der Waals surface area contributed by atoms with Crippen molar-refractivity contribution in [2.75, 3.05) is 5.32 Å². The number of anilines is 1. The fourth-order valence-corrected chi connectivity index (χ4v) is 1.88. The highest BCUT2D eigenvalue weighted by molar-refractivity contribution is 9.10. The Balaban J connectivity index is 2.08. The molecule has 1 N–H and O–H groups in total. The van der Waals surface area contributed by atoms with Crippen molar-refractivity contribution in [3.8, 4) is 0 Å². The second-order valence-electron chi connectivity index (χ2n) is 3.97. The maximum atomic E-state index is 11.9. The molecule has 0 spiro atoms. The summed E-state index contributed by atoms with van der Waals surface area (Å²) in [4.78, 5) is 26.2. The van der Waals surface area contributed by atoms with Gasteiger partial charge in [0.25, 0.3) is 5.69 Å². The van der Waals surface area contributed by atoms with E-state index in [1.165, 1.54) is 6.07 Å². The Morgan fingerprint density at radius 3 is 2.70 bits per heavy atom. The first-order valence-corrected chi connectivity index (χ1v) is 6.49. The highest BCUT2D eigenvalue weighted by Gasteiger charge is 2.15. The minimum Gasteiger partial charge on any atom is -0.310 e. The average molecular weight is 336 g/mol. The predicted octanol–water partition coefficient (Wildman–Crippen LogP) is 2.93. The minimum atomic E-state index is -0.500. The van der Waals surface area contributed by atoms with Crippen LogP contribution in [0.1, 0.15) is 5.56 Å². The van der Waals surface area contributed by atoms with Crippen LogP contribution in [-0.2, 0) is 11.2 Å². The standard InChI is InChI=1S/C13H10BrN3O3/c14-10-5-6-12(15-8-10)16-13(18)7-9-3-1-2-4-11(9)17(19)20/h1-6,8H,7H2,(H,15,16,18). The van der Waals surface area contributed by atoms with Crippen LogP contribution in [0.3, 0.4) is 0 Å². The Hall–Kier alpha value is -2.28. The number of amides is 1. The molecule has 2 aromatic rings. The molecule has 7 heteroatoms. The second-order valence-corrected chi connectivity index (χ2v) is 4.89. The highest BCUT2D eigenvalue weighted by Crippen LogP contribution is 2.18. The molecule has 1 aromatic heterocycles. The monoisotopic (exact) mass is 335 g/mol. The Bertz CT molecular complexity index is 644. The summed E-state index contributed by atoms with van der Waals surface area (Å²) in [6.45, 7) is 0. The van der Waals surface area contributed by atoms with E-state index in [2.05, 4.69) is 26.2 Å². The molecule has 1 heterocycles. The Morgan fingerprint density at radius 1 is 1.30 bits per heavy atom. The lowest BCUT2D eigenvalue weighted by atomic mass is 10.1. The number of rotatable bonds is 4. The zero-order valence-corrected chi connectivity index (χ0v) is 11.8. The lowest BCUT2D eigenvalue weighted by Gasteiger charge is -2.05. The molecule has 0 aliphatic rings. The molecule has 0 saturated heterocycles. The topological polar surface area (TPSA) is 85.1 Å². The summed E-state index contributed by atoms with van der Waals surface area (Å²) in [5.41, 5.74) is 0.304. The number of carbonyl (C=O) groups is 1. The van der Waals surface area contributed by atoms with Crippen LogP contribution in [0.15, 0.2) is 47.1 Å². The molecule has 0 aliphatic heterocycles. The first kappa shape index (κ1) is 14.1. The van der Waals surface area contributed by atoms with Crippen molar-refractivity contribution in [1.82, 2.24) is 4.98 Å². The Labute approximate surface area is 123 Å². The molecule has 6 nitrogen and oxygen atoms in total. The normalized spacial score (nSPS) is 10.1. The SMILES string of the molecule is O=C(Cc1ccccc1[N+](=O)[O-])Nc1ccc(Br)cn1. The summed E-state index contributed by atoms with van der Waals surface area (Å²) in [5, 5.41) is 13.4. The van der Waals surface area contributed by atoms with E-state index in [9.17, 15) is 14.9 Å². The van der Waals surface area contributed by atoms with Gasteiger partial charge in [0.15, 0.2) is 0 Å². The molecule has 0 saturated carbocycles. The molecule has 0 aliphatic carbocycles. The van der Waals surface area contributed by atoms with Gasteiger partial charge in [-0.1, -0.05) is 18.2 Å². The van der Waals surface area contributed by atoms with Gasteiger partial charge in [-0.2, -0.15) is 0 Å². The van der Waals surface area contributed by atoms with Crippen LogP contribution in [0.25, 0.3) is 0 Å². The number of carbonyl (C=O) groups excluding carboxylic acids is 1. The van der Waals surface area contributed by atoms with Crippen molar-refractivity contribution < 1.29 is 9.72 Å². The van der Waals surface area contributed by atoms with Crippen LogP contribution in [0.5, 0.6) is 0 Å². The summed E-state index contributed by atoms with van der Waals surface area (Å²) in [6.07, 6.45) is 1.48. The van der Waals surface area contributed by atoms with Crippen LogP contribution < -0.4 is 5.32 Å². The number of pyridine rings is 1. The molecule has 0 radical (unpaired) electrons. The first-order valence-electron chi connectivity index (χ1n) is 5.70. The Morgan fingerprint density at radius 2 is 2.05 bits per heavy atom. The minimum absolute atomic E-state index is 0.0635. The molecule has 1 amide bonds. The molecule has 0 bridgehead atoms. The number of hydrogen-bond donors (Lipinski definition) is 1. The summed E-state index contributed by atoms with van der Waals surface area (Å²) in [5.74, 6) is 0.0471. The van der Waals surface area contributed by atoms with Gasteiger partial charge < -0.3 is 5.32 Å². The average Bonchev–Trinajstić information content (AvgIpc) is 2.41. The van der Waals surface area contributed by atoms with E-state index in [4.69, 9.17) is 0 Å². The number of aromatic nitrogens is 1. The number of halogens is 1. The van der Waals surface area contributed by atoms with E-state index in [1.807, 2.05) is 0 Å². The highest BCUT2D eigenvalue weighted by atomic mass is 79.9. The van der Waals surface area contributed by atoms with Gasteiger partial charge in [-0.3, -0.25) is 14.9 Å². The van der Waals surface area contributed by atoms with Crippen LogP contribution >= 0.6 is 15.9 Å². The van der Waals surface area contributed by atoms with Gasteiger partial charge in [0, 0.05) is 22.3 Å². The number of para-hydroxylation sites is 1. The van der Waals surface area contributed by atoms with Crippen molar-refractivity contribution in [1.29, 1.82) is 0 Å². The van der Waals surface area contributed by atoms with Crippen molar-refractivity contribution in [3.63, 3.8) is 0 Å². The molecule has 0 atom stereocenters. The van der Waals surface area contributed by atoms with Crippen LogP contribution in [0, 0.1) is 10.1 Å². The fraction of sp³-hybridized carbons (Fsp3) is 0.0769. The number of benzene rings is 1. The molecule has 2 rings (SSSR count). The van der Waals surface area contributed by atoms with Crippen molar-refractivity contribution in [3.05, 3.63) is 62.7 Å². The first-order chi connectivity index (χ1) is 9.56. The van der Waals surface area contributed by atoms with Crippen LogP contribution in [0.4, 0.5) is 11.5 Å². The summed E-state index contributed by atoms with van der Waals surface area (Å²) in [7, 11) is 0.